The second-order valence-corrected chi connectivity index (χ2v) is 5.97. The van der Waals surface area contributed by atoms with Crippen molar-refractivity contribution in [3.8, 4) is 5.75 Å². The van der Waals surface area contributed by atoms with Crippen LogP contribution in [0.15, 0.2) is 23.1 Å². The van der Waals surface area contributed by atoms with Crippen LogP contribution in [0, 0.1) is 0 Å². The number of benzene rings is 1. The van der Waals surface area contributed by atoms with Crippen molar-refractivity contribution >= 4 is 27.5 Å². The average molecular weight is 299 g/mol. The van der Waals surface area contributed by atoms with Crippen LogP contribution in [0.1, 0.15) is 6.92 Å². The molecule has 108 valence electrons. The van der Waals surface area contributed by atoms with Gasteiger partial charge in [-0.1, -0.05) is 0 Å². The maximum absolute atomic E-state index is 11.9. The second kappa shape index (κ2) is 5.10. The second-order valence-electron chi connectivity index (χ2n) is 4.20. The number of rotatable bonds is 4. The van der Waals surface area contributed by atoms with Crippen molar-refractivity contribution in [2.75, 3.05) is 11.9 Å². The quantitative estimate of drug-likeness (QED) is 0.668. The summed E-state index contributed by atoms with van der Waals surface area (Å²) in [6, 6.07) is 4.00. The van der Waals surface area contributed by atoms with Gasteiger partial charge in [-0.15, -0.1) is 0 Å². The molecule has 1 atom stereocenters. The summed E-state index contributed by atoms with van der Waals surface area (Å²) < 4.78 is 31.1. The number of fused-ring (bicyclic) bond motifs is 1. The summed E-state index contributed by atoms with van der Waals surface area (Å²) in [5.74, 6) is -0.778. The Kier molecular flexibility index (Phi) is 3.64. The molecule has 0 radical (unpaired) electrons. The fraction of sp³-hybridized carbons (Fsp3) is 0.273. The number of anilines is 1. The van der Waals surface area contributed by atoms with Crippen LogP contribution >= 0.6 is 0 Å². The number of carbonyl (C=O) groups excluding carboxylic acids is 2. The van der Waals surface area contributed by atoms with Crippen molar-refractivity contribution in [2.24, 2.45) is 5.73 Å². The lowest BCUT2D eigenvalue weighted by Crippen LogP contribution is -2.35. The third-order valence-corrected chi connectivity index (χ3v) is 4.03. The Morgan fingerprint density at radius 3 is 2.85 bits per heavy atom. The molecule has 0 saturated heterocycles. The molecule has 0 saturated carbocycles. The fourth-order valence-electron chi connectivity index (χ4n) is 1.60. The number of primary amides is 1. The molecule has 1 aliphatic rings. The number of nitrogens with two attached hydrogens (primary N) is 1. The van der Waals surface area contributed by atoms with Crippen molar-refractivity contribution in [3.63, 3.8) is 0 Å². The van der Waals surface area contributed by atoms with Gasteiger partial charge in [0.25, 0.3) is 5.91 Å². The van der Waals surface area contributed by atoms with E-state index in [-0.39, 0.29) is 16.5 Å². The summed E-state index contributed by atoms with van der Waals surface area (Å²) in [6.07, 6.45) is -0.641. The molecule has 0 spiro atoms. The first-order valence-electron chi connectivity index (χ1n) is 5.69. The molecule has 1 aromatic rings. The van der Waals surface area contributed by atoms with Crippen molar-refractivity contribution in [3.05, 3.63) is 18.2 Å². The number of hydrogen-bond donors (Lipinski definition) is 3. The Labute approximate surface area is 115 Å². The third kappa shape index (κ3) is 2.89. The first-order chi connectivity index (χ1) is 9.29. The van der Waals surface area contributed by atoms with Crippen LogP contribution in [-0.4, -0.2) is 32.9 Å². The minimum absolute atomic E-state index is 0.101. The van der Waals surface area contributed by atoms with E-state index in [4.69, 9.17) is 10.5 Å². The van der Waals surface area contributed by atoms with E-state index >= 15 is 0 Å². The van der Waals surface area contributed by atoms with Crippen molar-refractivity contribution < 1.29 is 22.7 Å². The number of hydrogen-bond acceptors (Lipinski definition) is 5. The monoisotopic (exact) mass is 299 g/mol. The Morgan fingerprint density at radius 2 is 2.20 bits per heavy atom. The van der Waals surface area contributed by atoms with Crippen molar-refractivity contribution in [1.29, 1.82) is 0 Å². The summed E-state index contributed by atoms with van der Waals surface area (Å²) in [4.78, 5) is 22.0. The topological polar surface area (TPSA) is 128 Å². The molecule has 1 aromatic carbocycles. The lowest BCUT2D eigenvalue weighted by Gasteiger charge is -2.23. The molecule has 0 bridgehead atoms. The normalized spacial score (nSPS) is 17.9. The van der Waals surface area contributed by atoms with Gasteiger partial charge in [0.2, 0.25) is 15.9 Å². The minimum Gasteiger partial charge on any atom is -0.479 e. The maximum atomic E-state index is 11.9. The zero-order chi connectivity index (χ0) is 14.9. The predicted molar refractivity (Wildman–Crippen MR) is 69.5 cm³/mol. The lowest BCUT2D eigenvalue weighted by molar-refractivity contribution is -0.122. The number of nitrogens with one attached hydrogen (secondary N) is 2. The molecular formula is C11H13N3O5S. The molecule has 4 N–H and O–H groups in total. The molecule has 1 heterocycles. The highest BCUT2D eigenvalue weighted by Crippen LogP contribution is 2.31. The summed E-state index contributed by atoms with van der Waals surface area (Å²) in [5, 5.41) is 2.54. The van der Waals surface area contributed by atoms with Gasteiger partial charge in [-0.25, -0.2) is 13.1 Å². The summed E-state index contributed by atoms with van der Waals surface area (Å²) in [5.41, 5.74) is 5.14. The van der Waals surface area contributed by atoms with E-state index in [2.05, 4.69) is 5.32 Å². The van der Waals surface area contributed by atoms with Crippen LogP contribution in [0.3, 0.4) is 0 Å². The summed E-state index contributed by atoms with van der Waals surface area (Å²) >= 11 is 0. The number of amides is 2. The van der Waals surface area contributed by atoms with E-state index < -0.39 is 28.6 Å². The molecule has 9 heteroatoms. The Hall–Kier alpha value is -2.13. The van der Waals surface area contributed by atoms with E-state index in [0.29, 0.717) is 5.75 Å². The fourth-order valence-corrected chi connectivity index (χ4v) is 2.62. The van der Waals surface area contributed by atoms with Crippen LogP contribution in [-0.2, 0) is 19.6 Å². The summed E-state index contributed by atoms with van der Waals surface area (Å²) in [6.45, 7) is 1.08. The van der Waals surface area contributed by atoms with Gasteiger partial charge in [0.05, 0.1) is 17.1 Å². The highest BCUT2D eigenvalue weighted by atomic mass is 32.2. The van der Waals surface area contributed by atoms with Crippen LogP contribution in [0.5, 0.6) is 5.75 Å². The number of sulfonamides is 1. The molecule has 0 fully saturated rings. The predicted octanol–water partition coefficient (Wildman–Crippen LogP) is -0.830. The van der Waals surface area contributed by atoms with Gasteiger partial charge in [0.1, 0.15) is 5.75 Å². The van der Waals surface area contributed by atoms with Crippen molar-refractivity contribution in [1.82, 2.24) is 4.72 Å². The standard InChI is InChI=1S/C11H13N3O5S/c1-6-11(16)14-8-4-7(2-3-9(8)19-6)20(17,18)13-5-10(12)15/h2-4,6,13H,5H2,1H3,(H2,12,15)(H,14,16)/t6-/m1/s1. The molecule has 0 aliphatic carbocycles. The number of ether oxygens (including phenoxy) is 1. The van der Waals surface area contributed by atoms with Gasteiger partial charge in [-0.3, -0.25) is 9.59 Å². The minimum atomic E-state index is -3.88. The maximum Gasteiger partial charge on any atom is 0.265 e. The number of carbonyl (C=O) groups is 2. The average Bonchev–Trinajstić information content (AvgIpc) is 2.37. The van der Waals surface area contributed by atoms with Gasteiger partial charge < -0.3 is 15.8 Å². The summed E-state index contributed by atoms with van der Waals surface area (Å²) in [7, 11) is -3.88. The van der Waals surface area contributed by atoms with Crippen LogP contribution in [0.2, 0.25) is 0 Å². The van der Waals surface area contributed by atoms with Gasteiger partial charge in [0.15, 0.2) is 6.10 Å². The Morgan fingerprint density at radius 1 is 1.50 bits per heavy atom. The van der Waals surface area contributed by atoms with Gasteiger partial charge in [-0.05, 0) is 25.1 Å². The third-order valence-electron chi connectivity index (χ3n) is 2.63. The van der Waals surface area contributed by atoms with Crippen LogP contribution in [0.25, 0.3) is 0 Å². The van der Waals surface area contributed by atoms with Gasteiger partial charge in [-0.2, -0.15) is 0 Å². The van der Waals surface area contributed by atoms with Crippen LogP contribution in [0.4, 0.5) is 5.69 Å². The zero-order valence-corrected chi connectivity index (χ0v) is 11.4. The van der Waals surface area contributed by atoms with E-state index in [1.165, 1.54) is 18.2 Å². The largest absolute Gasteiger partial charge is 0.479 e. The smallest absolute Gasteiger partial charge is 0.265 e. The van der Waals surface area contributed by atoms with E-state index in [0.717, 1.165) is 0 Å². The molecule has 0 unspecified atom stereocenters. The molecule has 1 aliphatic heterocycles. The highest BCUT2D eigenvalue weighted by Gasteiger charge is 2.25. The first-order valence-corrected chi connectivity index (χ1v) is 7.17. The Bertz CT molecular complexity index is 671. The molecule has 2 amide bonds. The van der Waals surface area contributed by atoms with E-state index in [1.54, 1.807) is 6.92 Å². The molecule has 2 rings (SSSR count). The van der Waals surface area contributed by atoms with Gasteiger partial charge >= 0.3 is 0 Å². The molecule has 20 heavy (non-hydrogen) atoms. The molecular weight excluding hydrogens is 286 g/mol. The SMILES string of the molecule is C[C@H]1Oc2ccc(S(=O)(=O)NCC(N)=O)cc2NC1=O. The first kappa shape index (κ1) is 14.3. The Balaban J connectivity index is 2.29. The molecule has 8 nitrogen and oxygen atoms in total. The highest BCUT2D eigenvalue weighted by molar-refractivity contribution is 7.89. The van der Waals surface area contributed by atoms with Crippen LogP contribution < -0.4 is 20.5 Å². The van der Waals surface area contributed by atoms with Crippen molar-refractivity contribution in [2.45, 2.75) is 17.9 Å². The zero-order valence-electron chi connectivity index (χ0n) is 10.5. The van der Waals surface area contributed by atoms with E-state index in [9.17, 15) is 18.0 Å². The molecule has 0 aromatic heterocycles. The lowest BCUT2D eigenvalue weighted by atomic mass is 10.2. The van der Waals surface area contributed by atoms with E-state index in [1.807, 2.05) is 4.72 Å². The van der Waals surface area contributed by atoms with Gasteiger partial charge in [0, 0.05) is 0 Å².